The second kappa shape index (κ2) is 5.23. The van der Waals surface area contributed by atoms with Crippen molar-refractivity contribution >= 4 is 11.3 Å². The van der Waals surface area contributed by atoms with Crippen molar-refractivity contribution in [1.82, 2.24) is 4.98 Å². The number of nitrogens with two attached hydrogens (primary N) is 1. The van der Waals surface area contributed by atoms with Crippen molar-refractivity contribution in [3.8, 4) is 0 Å². The zero-order valence-electron chi connectivity index (χ0n) is 9.39. The molecule has 0 radical (unpaired) electrons. The van der Waals surface area contributed by atoms with Gasteiger partial charge >= 0.3 is 0 Å². The molecule has 84 valence electrons. The molecule has 3 heteroatoms. The van der Waals surface area contributed by atoms with Gasteiger partial charge in [0.15, 0.2) is 0 Å². The lowest BCUT2D eigenvalue weighted by atomic mass is 9.92. The zero-order chi connectivity index (χ0) is 11.4. The first-order valence-corrected chi connectivity index (χ1v) is 6.33. The summed E-state index contributed by atoms with van der Waals surface area (Å²) in [6, 6.07) is 8.45. The van der Waals surface area contributed by atoms with Crippen LogP contribution in [-0.4, -0.2) is 11.5 Å². The molecule has 0 spiro atoms. The molecule has 0 fully saturated rings. The Balaban J connectivity index is 2.20. The van der Waals surface area contributed by atoms with Gasteiger partial charge in [-0.1, -0.05) is 24.3 Å². The quantitative estimate of drug-likeness (QED) is 0.880. The van der Waals surface area contributed by atoms with Gasteiger partial charge in [0, 0.05) is 23.9 Å². The van der Waals surface area contributed by atoms with E-state index in [0.717, 1.165) is 6.42 Å². The molecular formula is C13H16N2S. The lowest BCUT2D eigenvalue weighted by molar-refractivity contribution is 0.687. The summed E-state index contributed by atoms with van der Waals surface area (Å²) < 4.78 is 0. The van der Waals surface area contributed by atoms with Crippen LogP contribution in [0.15, 0.2) is 35.8 Å². The molecule has 1 heterocycles. The van der Waals surface area contributed by atoms with Crippen molar-refractivity contribution in [1.29, 1.82) is 0 Å². The molecule has 0 aliphatic heterocycles. The maximum atomic E-state index is 5.87. The molecule has 0 aliphatic carbocycles. The van der Waals surface area contributed by atoms with Crippen LogP contribution in [0.1, 0.15) is 22.1 Å². The van der Waals surface area contributed by atoms with Crippen LogP contribution in [0.4, 0.5) is 0 Å². The van der Waals surface area contributed by atoms with Crippen molar-refractivity contribution in [3.63, 3.8) is 0 Å². The molecule has 1 aromatic heterocycles. The highest BCUT2D eigenvalue weighted by Crippen LogP contribution is 2.23. The Morgan fingerprint density at radius 1 is 1.38 bits per heavy atom. The fourth-order valence-corrected chi connectivity index (χ4v) is 2.63. The number of nitrogens with zero attached hydrogens (tertiary/aromatic N) is 1. The molecule has 1 atom stereocenters. The number of hydrogen-bond donors (Lipinski definition) is 1. The summed E-state index contributed by atoms with van der Waals surface area (Å²) in [5.74, 6) is 0.382. The normalized spacial score (nSPS) is 12.6. The minimum Gasteiger partial charge on any atom is -0.330 e. The summed E-state index contributed by atoms with van der Waals surface area (Å²) in [7, 11) is 0. The van der Waals surface area contributed by atoms with E-state index in [0.29, 0.717) is 12.5 Å². The number of hydrogen-bond acceptors (Lipinski definition) is 3. The molecule has 0 saturated heterocycles. The SMILES string of the molecule is Cc1ccccc1C(CN)Cc1nccs1. The van der Waals surface area contributed by atoms with Gasteiger partial charge in [0.2, 0.25) is 0 Å². The van der Waals surface area contributed by atoms with E-state index in [2.05, 4.69) is 36.2 Å². The largest absolute Gasteiger partial charge is 0.330 e. The fourth-order valence-electron chi connectivity index (χ4n) is 1.93. The van der Waals surface area contributed by atoms with E-state index in [1.54, 1.807) is 11.3 Å². The van der Waals surface area contributed by atoms with Gasteiger partial charge in [-0.3, -0.25) is 0 Å². The van der Waals surface area contributed by atoms with Gasteiger partial charge in [0.05, 0.1) is 5.01 Å². The van der Waals surface area contributed by atoms with Crippen LogP contribution in [0.2, 0.25) is 0 Å². The number of aryl methyl sites for hydroxylation is 1. The fraction of sp³-hybridized carbons (Fsp3) is 0.308. The van der Waals surface area contributed by atoms with E-state index >= 15 is 0 Å². The Labute approximate surface area is 100 Å². The lowest BCUT2D eigenvalue weighted by Gasteiger charge is -2.16. The number of benzene rings is 1. The highest BCUT2D eigenvalue weighted by Gasteiger charge is 2.13. The molecule has 2 nitrogen and oxygen atoms in total. The third-order valence-corrected chi connectivity index (χ3v) is 3.62. The monoisotopic (exact) mass is 232 g/mol. The molecule has 0 bridgehead atoms. The van der Waals surface area contributed by atoms with Crippen LogP contribution in [-0.2, 0) is 6.42 Å². The van der Waals surface area contributed by atoms with Crippen molar-refractivity contribution < 1.29 is 0 Å². The number of rotatable bonds is 4. The van der Waals surface area contributed by atoms with Crippen LogP contribution in [0.5, 0.6) is 0 Å². The number of aromatic nitrogens is 1. The molecule has 0 amide bonds. The first kappa shape index (κ1) is 11.3. The number of thiazole rings is 1. The predicted molar refractivity (Wildman–Crippen MR) is 68.8 cm³/mol. The summed E-state index contributed by atoms with van der Waals surface area (Å²) >= 11 is 1.70. The predicted octanol–water partition coefficient (Wildman–Crippen LogP) is 2.74. The van der Waals surface area contributed by atoms with E-state index < -0.39 is 0 Å². The Hall–Kier alpha value is -1.19. The minimum absolute atomic E-state index is 0.382. The van der Waals surface area contributed by atoms with Gasteiger partial charge in [-0.2, -0.15) is 0 Å². The zero-order valence-corrected chi connectivity index (χ0v) is 10.2. The summed E-state index contributed by atoms with van der Waals surface area (Å²) in [4.78, 5) is 4.32. The molecule has 2 aromatic rings. The third kappa shape index (κ3) is 2.49. The molecule has 1 unspecified atom stereocenters. The van der Waals surface area contributed by atoms with E-state index in [1.807, 2.05) is 11.6 Å². The molecule has 2 rings (SSSR count). The standard InChI is InChI=1S/C13H16N2S/c1-10-4-2-3-5-12(10)11(9-14)8-13-15-6-7-16-13/h2-7,11H,8-9,14H2,1H3. The molecular weight excluding hydrogens is 216 g/mol. The van der Waals surface area contributed by atoms with Gasteiger partial charge in [-0.05, 0) is 24.6 Å². The van der Waals surface area contributed by atoms with Crippen LogP contribution in [0.3, 0.4) is 0 Å². The highest BCUT2D eigenvalue weighted by molar-refractivity contribution is 7.09. The smallest absolute Gasteiger partial charge is 0.0931 e. The first-order chi connectivity index (χ1) is 7.81. The third-order valence-electron chi connectivity index (χ3n) is 2.82. The van der Waals surface area contributed by atoms with E-state index in [4.69, 9.17) is 5.73 Å². The second-order valence-corrected chi connectivity index (χ2v) is 4.90. The highest BCUT2D eigenvalue weighted by atomic mass is 32.1. The summed E-state index contributed by atoms with van der Waals surface area (Å²) in [5, 5.41) is 3.18. The van der Waals surface area contributed by atoms with Gasteiger partial charge in [0.25, 0.3) is 0 Å². The average Bonchev–Trinajstić information content (AvgIpc) is 2.80. The van der Waals surface area contributed by atoms with Gasteiger partial charge in [0.1, 0.15) is 0 Å². The minimum atomic E-state index is 0.382. The van der Waals surface area contributed by atoms with Gasteiger partial charge < -0.3 is 5.73 Å². The van der Waals surface area contributed by atoms with E-state index in [-0.39, 0.29) is 0 Å². The molecule has 0 saturated carbocycles. The molecule has 1 aromatic carbocycles. The van der Waals surface area contributed by atoms with Crippen molar-refractivity contribution in [2.24, 2.45) is 5.73 Å². The van der Waals surface area contributed by atoms with Crippen LogP contribution in [0.25, 0.3) is 0 Å². The Morgan fingerprint density at radius 3 is 2.81 bits per heavy atom. The van der Waals surface area contributed by atoms with E-state index in [1.165, 1.54) is 16.1 Å². The van der Waals surface area contributed by atoms with Crippen molar-refractivity contribution in [3.05, 3.63) is 52.0 Å². The Morgan fingerprint density at radius 2 is 2.19 bits per heavy atom. The molecule has 0 aliphatic rings. The van der Waals surface area contributed by atoms with Crippen LogP contribution >= 0.6 is 11.3 Å². The second-order valence-electron chi connectivity index (χ2n) is 3.92. The van der Waals surface area contributed by atoms with Crippen LogP contribution < -0.4 is 5.73 Å². The van der Waals surface area contributed by atoms with Crippen molar-refractivity contribution in [2.75, 3.05) is 6.54 Å². The van der Waals surface area contributed by atoms with Gasteiger partial charge in [-0.25, -0.2) is 4.98 Å². The summed E-state index contributed by atoms with van der Waals surface area (Å²) in [6.45, 7) is 2.81. The molecule has 2 N–H and O–H groups in total. The summed E-state index contributed by atoms with van der Waals surface area (Å²) in [6.07, 6.45) is 2.80. The van der Waals surface area contributed by atoms with Crippen molar-refractivity contribution in [2.45, 2.75) is 19.3 Å². The maximum absolute atomic E-state index is 5.87. The van der Waals surface area contributed by atoms with Crippen LogP contribution in [0, 0.1) is 6.92 Å². The van der Waals surface area contributed by atoms with Gasteiger partial charge in [-0.15, -0.1) is 11.3 Å². The lowest BCUT2D eigenvalue weighted by Crippen LogP contribution is -2.16. The Kier molecular flexibility index (Phi) is 3.70. The average molecular weight is 232 g/mol. The maximum Gasteiger partial charge on any atom is 0.0931 e. The topological polar surface area (TPSA) is 38.9 Å². The first-order valence-electron chi connectivity index (χ1n) is 5.45. The molecule has 16 heavy (non-hydrogen) atoms. The van der Waals surface area contributed by atoms with E-state index in [9.17, 15) is 0 Å². The summed E-state index contributed by atoms with van der Waals surface area (Å²) in [5.41, 5.74) is 8.53. The Bertz CT molecular complexity index is 437.